The Morgan fingerprint density at radius 1 is 1.32 bits per heavy atom. The number of carbonyl (C=O) groups is 2. The molecule has 0 bridgehead atoms. The van der Waals surface area contributed by atoms with E-state index in [2.05, 4.69) is 6.92 Å². The fourth-order valence-electron chi connectivity index (χ4n) is 3.21. The predicted octanol–water partition coefficient (Wildman–Crippen LogP) is 1.92. The summed E-state index contributed by atoms with van der Waals surface area (Å²) in [6.45, 7) is 2.11. The summed E-state index contributed by atoms with van der Waals surface area (Å²) in [4.78, 5) is 22.4. The number of rotatable bonds is 12. The lowest BCUT2D eigenvalue weighted by Crippen LogP contribution is -2.21. The highest BCUT2D eigenvalue weighted by Gasteiger charge is 2.39. The van der Waals surface area contributed by atoms with Crippen LogP contribution >= 0.6 is 0 Å². The normalized spacial score (nSPS) is 25.2. The fourth-order valence-corrected chi connectivity index (χ4v) is 3.21. The topological polar surface area (TPSA) is 97.7 Å². The van der Waals surface area contributed by atoms with E-state index in [9.17, 15) is 24.9 Å². The van der Waals surface area contributed by atoms with Gasteiger partial charge in [-0.15, -0.1) is 0 Å². The van der Waals surface area contributed by atoms with Crippen LogP contribution in [0.3, 0.4) is 0 Å². The number of carboxylic acid groups (broad SMARTS) is 1. The second-order valence-corrected chi connectivity index (χ2v) is 6.85. The lowest BCUT2D eigenvalue weighted by molar-refractivity contribution is -0.305. The Hall–Kier alpha value is -1.46. The van der Waals surface area contributed by atoms with Crippen LogP contribution < -0.4 is 5.11 Å². The lowest BCUT2D eigenvalue weighted by atomic mass is 9.90. The van der Waals surface area contributed by atoms with Crippen molar-refractivity contribution in [3.63, 3.8) is 0 Å². The highest BCUT2D eigenvalue weighted by molar-refractivity contribution is 5.86. The Labute approximate surface area is 150 Å². The molecule has 0 spiro atoms. The third-order valence-corrected chi connectivity index (χ3v) is 4.71. The van der Waals surface area contributed by atoms with Gasteiger partial charge in [-0.1, -0.05) is 50.5 Å². The van der Waals surface area contributed by atoms with Crippen molar-refractivity contribution in [3.05, 3.63) is 24.3 Å². The van der Waals surface area contributed by atoms with E-state index >= 15 is 0 Å². The molecule has 4 atom stereocenters. The first-order valence-corrected chi connectivity index (χ1v) is 9.37. The number of aliphatic hydroxyl groups excluding tert-OH is 2. The molecule has 5 heteroatoms. The third kappa shape index (κ3) is 8.45. The number of unbranched alkanes of at least 4 members (excludes halogenated alkanes) is 3. The summed E-state index contributed by atoms with van der Waals surface area (Å²) in [5, 5.41) is 30.4. The van der Waals surface area contributed by atoms with Crippen LogP contribution in [0.15, 0.2) is 24.3 Å². The van der Waals surface area contributed by atoms with Crippen LogP contribution in [0.25, 0.3) is 0 Å². The van der Waals surface area contributed by atoms with Gasteiger partial charge in [0.2, 0.25) is 0 Å². The molecule has 0 aromatic heterocycles. The van der Waals surface area contributed by atoms with Crippen LogP contribution in [-0.2, 0) is 9.59 Å². The van der Waals surface area contributed by atoms with Gasteiger partial charge in [-0.25, -0.2) is 0 Å². The molecule has 25 heavy (non-hydrogen) atoms. The van der Waals surface area contributed by atoms with E-state index in [1.807, 2.05) is 12.2 Å². The van der Waals surface area contributed by atoms with E-state index in [0.717, 1.165) is 19.3 Å². The molecule has 5 nitrogen and oxygen atoms in total. The molecule has 1 aliphatic carbocycles. The van der Waals surface area contributed by atoms with Gasteiger partial charge in [0, 0.05) is 24.2 Å². The number of carbonyl (C=O) groups excluding carboxylic acids is 2. The van der Waals surface area contributed by atoms with Crippen LogP contribution in [0, 0.1) is 11.8 Å². The number of aliphatic carboxylic acids is 1. The van der Waals surface area contributed by atoms with Crippen molar-refractivity contribution < 1.29 is 24.9 Å². The molecule has 0 aliphatic heterocycles. The van der Waals surface area contributed by atoms with E-state index in [0.29, 0.717) is 25.7 Å². The third-order valence-electron chi connectivity index (χ3n) is 4.71. The number of carboxylic acids is 1. The summed E-state index contributed by atoms with van der Waals surface area (Å²) >= 11 is 0. The average Bonchev–Trinajstić information content (AvgIpc) is 2.82. The highest BCUT2D eigenvalue weighted by Crippen LogP contribution is 2.33. The maximum atomic E-state index is 12.1. The Balaban J connectivity index is 2.48. The summed E-state index contributed by atoms with van der Waals surface area (Å²) in [5.41, 5.74) is 0. The number of Topliss-reactive ketones (excluding diaryl/α,β-unsaturated/α-hetero) is 1. The molecule has 0 unspecified atom stereocenters. The molecule has 0 aromatic rings. The van der Waals surface area contributed by atoms with Crippen molar-refractivity contribution in [2.45, 2.75) is 76.9 Å². The van der Waals surface area contributed by atoms with Gasteiger partial charge in [0.1, 0.15) is 5.78 Å². The smallest absolute Gasteiger partial charge is 0.142 e. The van der Waals surface area contributed by atoms with Crippen LogP contribution in [0.2, 0.25) is 0 Å². The van der Waals surface area contributed by atoms with E-state index in [1.165, 1.54) is 0 Å². The number of ketones is 1. The Morgan fingerprint density at radius 3 is 2.76 bits per heavy atom. The van der Waals surface area contributed by atoms with Crippen LogP contribution in [0.4, 0.5) is 0 Å². The molecule has 1 saturated carbocycles. The summed E-state index contributed by atoms with van der Waals surface area (Å²) in [7, 11) is 0. The maximum absolute atomic E-state index is 12.1. The zero-order chi connectivity index (χ0) is 18.7. The van der Waals surface area contributed by atoms with E-state index < -0.39 is 18.2 Å². The van der Waals surface area contributed by atoms with Gasteiger partial charge >= 0.3 is 0 Å². The van der Waals surface area contributed by atoms with Crippen LogP contribution in [0.1, 0.15) is 64.7 Å². The molecular weight excluding hydrogens is 320 g/mol. The van der Waals surface area contributed by atoms with Gasteiger partial charge in [0.15, 0.2) is 0 Å². The Bertz CT molecular complexity index is 469. The van der Waals surface area contributed by atoms with E-state index in [4.69, 9.17) is 0 Å². The second-order valence-electron chi connectivity index (χ2n) is 6.85. The minimum Gasteiger partial charge on any atom is -0.550 e. The van der Waals surface area contributed by atoms with Gasteiger partial charge in [0.25, 0.3) is 0 Å². The number of hydrogen-bond acceptors (Lipinski definition) is 5. The number of aliphatic hydroxyl groups is 2. The highest BCUT2D eigenvalue weighted by atomic mass is 16.4. The first-order chi connectivity index (χ1) is 12.0. The predicted molar refractivity (Wildman–Crippen MR) is 94.5 cm³/mol. The van der Waals surface area contributed by atoms with Crippen LogP contribution in [0.5, 0.6) is 0 Å². The minimum atomic E-state index is -1.05. The van der Waals surface area contributed by atoms with Crippen molar-refractivity contribution in [1.29, 1.82) is 0 Å². The van der Waals surface area contributed by atoms with E-state index in [-0.39, 0.29) is 30.5 Å². The SMILES string of the molecule is CCCCC[C@H](O)/C=C/[C@H]1C(=O)C[C@H](O)[C@@H]1C/C=C\CCCC(=O)[O-]. The molecule has 0 amide bonds. The number of allylic oxidation sites excluding steroid dienone is 3. The molecule has 2 N–H and O–H groups in total. The van der Waals surface area contributed by atoms with Gasteiger partial charge in [-0.3, -0.25) is 4.79 Å². The minimum absolute atomic E-state index is 0.0138. The summed E-state index contributed by atoms with van der Waals surface area (Å²) in [6.07, 6.45) is 11.8. The van der Waals surface area contributed by atoms with Gasteiger partial charge in [-0.2, -0.15) is 0 Å². The Morgan fingerprint density at radius 2 is 2.08 bits per heavy atom. The summed E-state index contributed by atoms with van der Waals surface area (Å²) in [6, 6.07) is 0. The zero-order valence-electron chi connectivity index (χ0n) is 15.1. The Kier molecular flexibility index (Phi) is 10.3. The van der Waals surface area contributed by atoms with Crippen molar-refractivity contribution in [3.8, 4) is 0 Å². The molecular formula is C20H31O5-. The zero-order valence-corrected chi connectivity index (χ0v) is 15.1. The fraction of sp³-hybridized carbons (Fsp3) is 0.700. The summed E-state index contributed by atoms with van der Waals surface area (Å²) < 4.78 is 0. The quantitative estimate of drug-likeness (QED) is 0.413. The lowest BCUT2D eigenvalue weighted by Gasteiger charge is -2.17. The molecule has 1 aliphatic rings. The first-order valence-electron chi connectivity index (χ1n) is 9.37. The molecule has 0 radical (unpaired) electrons. The van der Waals surface area contributed by atoms with Crippen molar-refractivity contribution >= 4 is 11.8 Å². The van der Waals surface area contributed by atoms with Crippen molar-refractivity contribution in [2.75, 3.05) is 0 Å². The van der Waals surface area contributed by atoms with Crippen molar-refractivity contribution in [2.24, 2.45) is 11.8 Å². The summed E-state index contributed by atoms with van der Waals surface area (Å²) in [5.74, 6) is -1.57. The molecule has 0 heterocycles. The van der Waals surface area contributed by atoms with Gasteiger partial charge in [-0.05, 0) is 32.1 Å². The largest absolute Gasteiger partial charge is 0.550 e. The van der Waals surface area contributed by atoms with Crippen molar-refractivity contribution in [1.82, 2.24) is 0 Å². The molecule has 1 rings (SSSR count). The maximum Gasteiger partial charge on any atom is 0.142 e. The second kappa shape index (κ2) is 12.0. The monoisotopic (exact) mass is 351 g/mol. The first kappa shape index (κ1) is 21.6. The molecule has 1 fully saturated rings. The molecule has 0 aromatic carbocycles. The van der Waals surface area contributed by atoms with Gasteiger partial charge < -0.3 is 20.1 Å². The standard InChI is InChI=1S/C20H32O5/c1-2-3-6-9-15(21)12-13-17-16(18(22)14-19(17)23)10-7-4-5-8-11-20(24)25/h4,7,12-13,15-18,21-22H,2-3,5-6,8-11,14H2,1H3,(H,24,25)/p-1/b7-4-,13-12+/t15-,16+,17+,18-/m0/s1. The molecule has 142 valence electrons. The average molecular weight is 351 g/mol. The number of hydrogen-bond donors (Lipinski definition) is 2. The van der Waals surface area contributed by atoms with Gasteiger partial charge in [0.05, 0.1) is 12.2 Å². The molecule has 0 saturated heterocycles. The van der Waals surface area contributed by atoms with Crippen LogP contribution in [-0.4, -0.2) is 34.2 Å². The van der Waals surface area contributed by atoms with E-state index in [1.54, 1.807) is 12.2 Å².